The van der Waals surface area contributed by atoms with E-state index in [0.717, 1.165) is 16.0 Å². The van der Waals surface area contributed by atoms with Gasteiger partial charge in [-0.2, -0.15) is 0 Å². The van der Waals surface area contributed by atoms with E-state index in [2.05, 4.69) is 0 Å². The zero-order valence-corrected chi connectivity index (χ0v) is 15.0. The highest BCUT2D eigenvalue weighted by atomic mass is 35.5. The smallest absolute Gasteiger partial charge is 0.200 e. The fourth-order valence-electron chi connectivity index (χ4n) is 2.51. The molecule has 24 heavy (non-hydrogen) atoms. The number of hydrogen-bond donors (Lipinski definition) is 0. The molecule has 0 fully saturated rings. The molecule has 0 atom stereocenters. The molecule has 124 valence electrons. The van der Waals surface area contributed by atoms with Gasteiger partial charge in [0, 0.05) is 10.5 Å². The maximum Gasteiger partial charge on any atom is 0.200 e. The minimum atomic E-state index is 0.0403. The van der Waals surface area contributed by atoms with E-state index in [4.69, 9.17) is 21.1 Å². The minimum Gasteiger partial charge on any atom is -0.490 e. The Morgan fingerprint density at radius 1 is 1.12 bits per heavy atom. The van der Waals surface area contributed by atoms with E-state index in [9.17, 15) is 4.79 Å². The van der Waals surface area contributed by atoms with Crippen molar-refractivity contribution in [3.8, 4) is 11.5 Å². The molecule has 0 unspecified atom stereocenters. The first kappa shape index (κ1) is 16.9. The first-order valence-corrected chi connectivity index (χ1v) is 8.96. The van der Waals surface area contributed by atoms with Crippen LogP contribution in [-0.4, -0.2) is 19.0 Å². The van der Waals surface area contributed by atoms with Gasteiger partial charge < -0.3 is 9.47 Å². The number of ketones is 1. The van der Waals surface area contributed by atoms with Crippen LogP contribution in [0.5, 0.6) is 11.5 Å². The molecule has 3 rings (SSSR count). The Morgan fingerprint density at radius 2 is 1.88 bits per heavy atom. The zero-order valence-electron chi connectivity index (χ0n) is 13.5. The summed E-state index contributed by atoms with van der Waals surface area (Å²) >= 11 is 7.81. The summed E-state index contributed by atoms with van der Waals surface area (Å²) in [6.07, 6.45) is 1.84. The fraction of sp³-hybridized carbons (Fsp3) is 0.211. The number of carbonyl (C=O) groups is 1. The third kappa shape index (κ3) is 3.30. The third-order valence-electron chi connectivity index (χ3n) is 3.49. The van der Waals surface area contributed by atoms with Gasteiger partial charge >= 0.3 is 0 Å². The Kier molecular flexibility index (Phi) is 5.17. The van der Waals surface area contributed by atoms with Gasteiger partial charge in [-0.15, -0.1) is 0 Å². The second-order valence-corrected chi connectivity index (χ2v) is 6.62. The van der Waals surface area contributed by atoms with Gasteiger partial charge in [0.25, 0.3) is 0 Å². The van der Waals surface area contributed by atoms with Crippen molar-refractivity contribution >= 4 is 35.2 Å². The van der Waals surface area contributed by atoms with Crippen LogP contribution >= 0.6 is 23.4 Å². The van der Waals surface area contributed by atoms with Crippen LogP contribution in [0.2, 0.25) is 5.02 Å². The number of carbonyl (C=O) groups excluding carboxylic acids is 1. The van der Waals surface area contributed by atoms with E-state index in [1.807, 2.05) is 50.3 Å². The van der Waals surface area contributed by atoms with E-state index in [1.54, 1.807) is 6.07 Å². The van der Waals surface area contributed by atoms with E-state index in [0.29, 0.717) is 34.6 Å². The average Bonchev–Trinajstić information content (AvgIpc) is 2.88. The van der Waals surface area contributed by atoms with Gasteiger partial charge in [-0.25, -0.2) is 0 Å². The number of halogens is 1. The van der Waals surface area contributed by atoms with Gasteiger partial charge in [0.05, 0.1) is 23.1 Å². The topological polar surface area (TPSA) is 35.5 Å². The van der Waals surface area contributed by atoms with Crippen molar-refractivity contribution in [3.63, 3.8) is 0 Å². The normalized spacial score (nSPS) is 14.8. The number of benzene rings is 2. The molecule has 3 nitrogen and oxygen atoms in total. The highest BCUT2D eigenvalue weighted by Gasteiger charge is 2.25. The van der Waals surface area contributed by atoms with E-state index in [-0.39, 0.29) is 5.78 Å². The van der Waals surface area contributed by atoms with Crippen LogP contribution < -0.4 is 9.47 Å². The van der Waals surface area contributed by atoms with Crippen LogP contribution in [0.3, 0.4) is 0 Å². The van der Waals surface area contributed by atoms with Crippen molar-refractivity contribution < 1.29 is 14.3 Å². The van der Waals surface area contributed by atoms with E-state index >= 15 is 0 Å². The monoisotopic (exact) mass is 360 g/mol. The lowest BCUT2D eigenvalue weighted by Gasteiger charge is -2.13. The molecule has 0 saturated heterocycles. The van der Waals surface area contributed by atoms with Gasteiger partial charge in [-0.1, -0.05) is 35.5 Å². The largest absolute Gasteiger partial charge is 0.490 e. The van der Waals surface area contributed by atoms with Gasteiger partial charge in [0.1, 0.15) is 0 Å². The molecule has 0 radical (unpaired) electrons. The first-order valence-electron chi connectivity index (χ1n) is 7.76. The SMILES string of the molecule is CCOc1cc(/C=C2\Sc3ccccc3C2=O)cc(Cl)c1OCC. The molecule has 0 spiro atoms. The molecule has 1 heterocycles. The molecule has 0 aliphatic carbocycles. The number of thioether (sulfide) groups is 1. The first-order chi connectivity index (χ1) is 11.6. The second-order valence-electron chi connectivity index (χ2n) is 5.13. The predicted molar refractivity (Wildman–Crippen MR) is 98.4 cm³/mol. The van der Waals surface area contributed by atoms with Crippen molar-refractivity contribution in [2.45, 2.75) is 18.7 Å². The quantitative estimate of drug-likeness (QED) is 0.662. The lowest BCUT2D eigenvalue weighted by Crippen LogP contribution is -2.00. The molecule has 5 heteroatoms. The van der Waals surface area contributed by atoms with Crippen molar-refractivity contribution in [1.82, 2.24) is 0 Å². The van der Waals surface area contributed by atoms with Gasteiger partial charge in [0.2, 0.25) is 5.78 Å². The Morgan fingerprint density at radius 3 is 2.58 bits per heavy atom. The Bertz CT molecular complexity index is 814. The maximum absolute atomic E-state index is 12.5. The van der Waals surface area contributed by atoms with Gasteiger partial charge in [0.15, 0.2) is 11.5 Å². The van der Waals surface area contributed by atoms with Gasteiger partial charge in [-0.3, -0.25) is 4.79 Å². The number of rotatable bonds is 5. The summed E-state index contributed by atoms with van der Waals surface area (Å²) in [4.78, 5) is 14.1. The molecule has 2 aromatic rings. The van der Waals surface area contributed by atoms with Crippen molar-refractivity contribution in [2.24, 2.45) is 0 Å². The van der Waals surface area contributed by atoms with Crippen molar-refractivity contribution in [3.05, 3.63) is 57.5 Å². The van der Waals surface area contributed by atoms with Gasteiger partial charge in [-0.05, 0) is 49.8 Å². The fourth-order valence-corrected chi connectivity index (χ4v) is 3.83. The summed E-state index contributed by atoms with van der Waals surface area (Å²) < 4.78 is 11.2. The van der Waals surface area contributed by atoms with Crippen LogP contribution in [0, 0.1) is 0 Å². The van der Waals surface area contributed by atoms with Crippen molar-refractivity contribution in [1.29, 1.82) is 0 Å². The number of fused-ring (bicyclic) bond motifs is 1. The lowest BCUT2D eigenvalue weighted by atomic mass is 10.1. The van der Waals surface area contributed by atoms with Crippen molar-refractivity contribution in [2.75, 3.05) is 13.2 Å². The summed E-state index contributed by atoms with van der Waals surface area (Å²) in [5.41, 5.74) is 1.56. The Labute approximate surface area is 150 Å². The molecule has 0 N–H and O–H groups in total. The zero-order chi connectivity index (χ0) is 17.1. The van der Waals surface area contributed by atoms with Crippen LogP contribution in [0.4, 0.5) is 0 Å². The average molecular weight is 361 g/mol. The maximum atomic E-state index is 12.5. The number of ether oxygens (including phenoxy) is 2. The Balaban J connectivity index is 1.98. The third-order valence-corrected chi connectivity index (χ3v) is 4.87. The second kappa shape index (κ2) is 7.32. The summed E-state index contributed by atoms with van der Waals surface area (Å²) in [6.45, 7) is 4.81. The number of allylic oxidation sites excluding steroid dienone is 1. The summed E-state index contributed by atoms with van der Waals surface area (Å²) in [6, 6.07) is 11.3. The lowest BCUT2D eigenvalue weighted by molar-refractivity contribution is 0.104. The molecule has 0 aromatic heterocycles. The number of Topliss-reactive ketones (excluding diaryl/α,β-unsaturated/α-hetero) is 1. The predicted octanol–water partition coefficient (Wildman–Crippen LogP) is 5.47. The summed E-state index contributed by atoms with van der Waals surface area (Å²) in [5.74, 6) is 1.17. The molecule has 0 bridgehead atoms. The highest BCUT2D eigenvalue weighted by molar-refractivity contribution is 8.04. The molecule has 1 aliphatic rings. The van der Waals surface area contributed by atoms with Crippen LogP contribution in [0.15, 0.2) is 46.2 Å². The molecular formula is C19H17ClO3S. The summed E-state index contributed by atoms with van der Waals surface area (Å²) in [7, 11) is 0. The standard InChI is InChI=1S/C19H17ClO3S/c1-3-22-15-10-12(9-14(20)19(15)23-4-2)11-17-18(21)13-7-5-6-8-16(13)24-17/h5-11H,3-4H2,1-2H3/b17-11-. The Hall–Kier alpha value is -1.91. The van der Waals surface area contributed by atoms with Crippen LogP contribution in [-0.2, 0) is 0 Å². The molecule has 2 aromatic carbocycles. The number of hydrogen-bond acceptors (Lipinski definition) is 4. The molecule has 0 amide bonds. The van der Waals surface area contributed by atoms with Crippen LogP contribution in [0.1, 0.15) is 29.8 Å². The molecule has 1 aliphatic heterocycles. The minimum absolute atomic E-state index is 0.0403. The highest BCUT2D eigenvalue weighted by Crippen LogP contribution is 2.42. The summed E-state index contributed by atoms with van der Waals surface area (Å²) in [5, 5.41) is 0.475. The van der Waals surface area contributed by atoms with E-state index < -0.39 is 0 Å². The van der Waals surface area contributed by atoms with E-state index in [1.165, 1.54) is 11.8 Å². The molecule has 0 saturated carbocycles. The molecular weight excluding hydrogens is 344 g/mol. The van der Waals surface area contributed by atoms with Crippen LogP contribution in [0.25, 0.3) is 6.08 Å².